The monoisotopic (exact) mass is 262 g/mol. The summed E-state index contributed by atoms with van der Waals surface area (Å²) in [4.78, 5) is 11.8. The fourth-order valence-corrected chi connectivity index (χ4v) is 1.93. The number of nitrogens with two attached hydrogens (primary N) is 1. The van der Waals surface area contributed by atoms with Crippen LogP contribution in [0.15, 0.2) is 18.2 Å². The molecule has 2 rings (SSSR count). The van der Waals surface area contributed by atoms with E-state index in [1.807, 2.05) is 0 Å². The Morgan fingerprint density at radius 3 is 2.94 bits per heavy atom. The van der Waals surface area contributed by atoms with Crippen LogP contribution < -0.4 is 11.1 Å². The summed E-state index contributed by atoms with van der Waals surface area (Å²) in [5.74, 6) is 6.32. The van der Waals surface area contributed by atoms with Gasteiger partial charge < -0.3 is 11.1 Å². The van der Waals surface area contributed by atoms with Crippen LogP contribution in [-0.4, -0.2) is 12.5 Å². The molecule has 1 aliphatic rings. The first-order chi connectivity index (χ1) is 8.61. The van der Waals surface area contributed by atoms with Crippen LogP contribution in [0.5, 0.6) is 0 Å². The maximum atomic E-state index is 11.8. The van der Waals surface area contributed by atoms with Crippen molar-refractivity contribution in [2.75, 3.05) is 11.9 Å². The van der Waals surface area contributed by atoms with Gasteiger partial charge in [0.05, 0.1) is 17.3 Å². The molecule has 94 valence electrons. The molecule has 2 unspecified atom stereocenters. The molecule has 3 nitrogen and oxygen atoms in total. The number of amides is 1. The van der Waals surface area contributed by atoms with E-state index in [4.69, 9.17) is 17.3 Å². The van der Waals surface area contributed by atoms with Gasteiger partial charge in [0.25, 0.3) is 0 Å². The van der Waals surface area contributed by atoms with Gasteiger partial charge in [-0.2, -0.15) is 0 Å². The van der Waals surface area contributed by atoms with Gasteiger partial charge in [0.15, 0.2) is 0 Å². The third-order valence-electron chi connectivity index (χ3n) is 3.01. The van der Waals surface area contributed by atoms with Crippen molar-refractivity contribution in [2.24, 2.45) is 17.6 Å². The van der Waals surface area contributed by atoms with E-state index in [0.29, 0.717) is 23.2 Å². The van der Waals surface area contributed by atoms with Gasteiger partial charge in [0.1, 0.15) is 0 Å². The minimum absolute atomic E-state index is 0.0355. The molecule has 18 heavy (non-hydrogen) atoms. The Morgan fingerprint density at radius 2 is 2.33 bits per heavy atom. The van der Waals surface area contributed by atoms with Crippen molar-refractivity contribution in [3.63, 3.8) is 0 Å². The van der Waals surface area contributed by atoms with Crippen LogP contribution in [0.25, 0.3) is 0 Å². The van der Waals surface area contributed by atoms with Gasteiger partial charge in [0.2, 0.25) is 5.91 Å². The molecule has 1 aromatic carbocycles. The summed E-state index contributed by atoms with van der Waals surface area (Å²) in [7, 11) is 0. The Balaban J connectivity index is 2.13. The van der Waals surface area contributed by atoms with E-state index < -0.39 is 0 Å². The Kier molecular flexibility index (Phi) is 3.90. The fraction of sp³-hybridized carbons (Fsp3) is 0.357. The minimum Gasteiger partial charge on any atom is -0.324 e. The van der Waals surface area contributed by atoms with Crippen molar-refractivity contribution in [3.8, 4) is 11.8 Å². The lowest BCUT2D eigenvalue weighted by Crippen LogP contribution is -2.14. The zero-order chi connectivity index (χ0) is 13.1. The summed E-state index contributed by atoms with van der Waals surface area (Å²) in [5.41, 5.74) is 6.73. The lowest BCUT2D eigenvalue weighted by atomic mass is 10.2. The lowest BCUT2D eigenvalue weighted by molar-refractivity contribution is -0.117. The number of carbonyl (C=O) groups excluding carboxylic acids is 1. The quantitative estimate of drug-likeness (QED) is 0.803. The summed E-state index contributed by atoms with van der Waals surface area (Å²) >= 11 is 6.05. The minimum atomic E-state index is 0.0355. The van der Waals surface area contributed by atoms with Gasteiger partial charge in [-0.15, -0.1) is 0 Å². The highest BCUT2D eigenvalue weighted by Crippen LogP contribution is 2.39. The summed E-state index contributed by atoms with van der Waals surface area (Å²) in [5, 5.41) is 3.37. The lowest BCUT2D eigenvalue weighted by Gasteiger charge is -2.07. The molecule has 1 fully saturated rings. The molecule has 0 spiro atoms. The molecule has 0 radical (unpaired) electrons. The largest absolute Gasteiger partial charge is 0.324 e. The first-order valence-corrected chi connectivity index (χ1v) is 6.29. The molecule has 2 atom stereocenters. The standard InChI is InChI=1S/C14H15ClN2O/c1-9-7-11(9)14(18)17-13-8-10(3-2-6-16)4-5-12(13)15/h4-5,8-9,11H,6-7,16H2,1H3,(H,17,18). The molecule has 0 aromatic heterocycles. The second-order valence-electron chi connectivity index (χ2n) is 4.51. The summed E-state index contributed by atoms with van der Waals surface area (Å²) in [6.45, 7) is 2.37. The van der Waals surface area contributed by atoms with Crippen LogP contribution in [0.1, 0.15) is 18.9 Å². The number of carbonyl (C=O) groups is 1. The van der Waals surface area contributed by atoms with Crippen molar-refractivity contribution in [1.29, 1.82) is 0 Å². The number of hydrogen-bond acceptors (Lipinski definition) is 2. The summed E-state index contributed by atoms with van der Waals surface area (Å²) in [6, 6.07) is 5.31. The zero-order valence-electron chi connectivity index (χ0n) is 10.2. The fourth-order valence-electron chi connectivity index (χ4n) is 1.76. The van der Waals surface area contributed by atoms with Gasteiger partial charge in [-0.25, -0.2) is 0 Å². The Labute approximate surface area is 112 Å². The van der Waals surface area contributed by atoms with Gasteiger partial charge >= 0.3 is 0 Å². The molecule has 0 bridgehead atoms. The van der Waals surface area contributed by atoms with Crippen LogP contribution in [-0.2, 0) is 4.79 Å². The molecular weight excluding hydrogens is 248 g/mol. The molecule has 0 aliphatic heterocycles. The van der Waals surface area contributed by atoms with Crippen LogP contribution in [0, 0.1) is 23.7 Å². The second-order valence-corrected chi connectivity index (χ2v) is 4.92. The summed E-state index contributed by atoms with van der Waals surface area (Å²) < 4.78 is 0. The molecule has 1 aromatic rings. The first-order valence-electron chi connectivity index (χ1n) is 5.91. The smallest absolute Gasteiger partial charge is 0.227 e. The van der Waals surface area contributed by atoms with Crippen molar-refractivity contribution in [2.45, 2.75) is 13.3 Å². The molecular formula is C14H15ClN2O. The molecule has 1 amide bonds. The average molecular weight is 263 g/mol. The van der Waals surface area contributed by atoms with E-state index in [2.05, 4.69) is 24.1 Å². The van der Waals surface area contributed by atoms with Crippen molar-refractivity contribution in [1.82, 2.24) is 0 Å². The second kappa shape index (κ2) is 5.43. The normalized spacial score (nSPS) is 20.8. The average Bonchev–Trinajstić information content (AvgIpc) is 3.07. The van der Waals surface area contributed by atoms with Crippen LogP contribution in [0.4, 0.5) is 5.69 Å². The van der Waals surface area contributed by atoms with Gasteiger partial charge in [-0.1, -0.05) is 30.4 Å². The third-order valence-corrected chi connectivity index (χ3v) is 3.33. The summed E-state index contributed by atoms with van der Waals surface area (Å²) in [6.07, 6.45) is 0.954. The van der Waals surface area contributed by atoms with Crippen LogP contribution in [0.3, 0.4) is 0 Å². The molecule has 0 saturated heterocycles. The SMILES string of the molecule is CC1CC1C(=O)Nc1cc(C#CCN)ccc1Cl. The van der Waals surface area contributed by atoms with Crippen LogP contribution in [0.2, 0.25) is 5.02 Å². The maximum absolute atomic E-state index is 11.8. The number of nitrogens with one attached hydrogen (secondary N) is 1. The molecule has 4 heteroatoms. The number of anilines is 1. The van der Waals surface area contributed by atoms with Crippen molar-refractivity contribution < 1.29 is 4.79 Å². The Hall–Kier alpha value is -1.50. The van der Waals surface area contributed by atoms with Gasteiger partial charge in [0, 0.05) is 11.5 Å². The van der Waals surface area contributed by atoms with E-state index in [0.717, 1.165) is 12.0 Å². The van der Waals surface area contributed by atoms with E-state index >= 15 is 0 Å². The predicted molar refractivity (Wildman–Crippen MR) is 73.3 cm³/mol. The number of hydrogen-bond donors (Lipinski definition) is 2. The highest BCUT2D eigenvalue weighted by molar-refractivity contribution is 6.33. The van der Waals surface area contributed by atoms with Crippen LogP contribution >= 0.6 is 11.6 Å². The third kappa shape index (κ3) is 3.04. The molecule has 3 N–H and O–H groups in total. The van der Waals surface area contributed by atoms with Crippen molar-refractivity contribution in [3.05, 3.63) is 28.8 Å². The zero-order valence-corrected chi connectivity index (χ0v) is 10.9. The predicted octanol–water partition coefficient (Wildman–Crippen LogP) is 2.24. The topological polar surface area (TPSA) is 55.1 Å². The highest BCUT2D eigenvalue weighted by atomic mass is 35.5. The van der Waals surface area contributed by atoms with E-state index in [1.54, 1.807) is 18.2 Å². The number of benzene rings is 1. The Morgan fingerprint density at radius 1 is 1.61 bits per heavy atom. The Bertz CT molecular complexity index is 530. The van der Waals surface area contributed by atoms with Crippen molar-refractivity contribution >= 4 is 23.2 Å². The maximum Gasteiger partial charge on any atom is 0.227 e. The molecule has 1 saturated carbocycles. The number of halogens is 1. The van der Waals surface area contributed by atoms with Gasteiger partial charge in [-0.05, 0) is 30.5 Å². The van der Waals surface area contributed by atoms with E-state index in [1.165, 1.54) is 0 Å². The molecule has 0 heterocycles. The van der Waals surface area contributed by atoms with Gasteiger partial charge in [-0.3, -0.25) is 4.79 Å². The number of rotatable bonds is 2. The molecule has 1 aliphatic carbocycles. The first kappa shape index (κ1) is 12.9. The van der Waals surface area contributed by atoms with E-state index in [9.17, 15) is 4.79 Å². The highest BCUT2D eigenvalue weighted by Gasteiger charge is 2.39. The van der Waals surface area contributed by atoms with E-state index in [-0.39, 0.29) is 11.8 Å².